The van der Waals surface area contributed by atoms with Gasteiger partial charge in [0.2, 0.25) is 11.1 Å². The largest absolute Gasteiger partial charge is 0.497 e. The van der Waals surface area contributed by atoms with Crippen molar-refractivity contribution in [1.82, 2.24) is 14.9 Å². The number of hydrogen-bond acceptors (Lipinski definition) is 7. The van der Waals surface area contributed by atoms with Gasteiger partial charge in [0.15, 0.2) is 5.82 Å². The lowest BCUT2D eigenvalue weighted by atomic mass is 10.3. The summed E-state index contributed by atoms with van der Waals surface area (Å²) in [5, 5.41) is 14.2. The Morgan fingerprint density at radius 1 is 1.24 bits per heavy atom. The highest BCUT2D eigenvalue weighted by atomic mass is 35.5. The zero-order valence-electron chi connectivity index (χ0n) is 15.4. The molecule has 1 aromatic heterocycles. The molecule has 0 saturated heterocycles. The van der Waals surface area contributed by atoms with Crippen LogP contribution in [-0.2, 0) is 11.3 Å². The van der Waals surface area contributed by atoms with Gasteiger partial charge in [-0.05, 0) is 42.5 Å². The Balaban J connectivity index is 1.52. The molecule has 1 heterocycles. The number of benzene rings is 2. The standard InChI is InChI=1S/C18H18ClFN6O2S/c1-28-13-5-2-11(3-6-13)22-9-16-24-25-18(26(16)21)29-10-17(27)23-12-4-7-15(20)14(19)8-12/h2-8,22H,9-10,21H2,1H3,(H,23,27). The molecule has 11 heteroatoms. The van der Waals surface area contributed by atoms with Crippen LogP contribution in [0.25, 0.3) is 0 Å². The first-order valence-corrected chi connectivity index (χ1v) is 9.77. The monoisotopic (exact) mass is 436 g/mol. The van der Waals surface area contributed by atoms with E-state index in [0.29, 0.717) is 23.2 Å². The van der Waals surface area contributed by atoms with Gasteiger partial charge in [0, 0.05) is 11.4 Å². The van der Waals surface area contributed by atoms with E-state index in [1.54, 1.807) is 7.11 Å². The van der Waals surface area contributed by atoms with E-state index in [2.05, 4.69) is 20.8 Å². The van der Waals surface area contributed by atoms with Crippen molar-refractivity contribution in [3.05, 3.63) is 59.1 Å². The molecule has 0 spiro atoms. The summed E-state index contributed by atoms with van der Waals surface area (Å²) in [6.07, 6.45) is 0. The van der Waals surface area contributed by atoms with Crippen LogP contribution in [-0.4, -0.2) is 33.6 Å². The number of carbonyl (C=O) groups excluding carboxylic acids is 1. The topological polar surface area (TPSA) is 107 Å². The first-order valence-electron chi connectivity index (χ1n) is 8.41. The van der Waals surface area contributed by atoms with E-state index in [9.17, 15) is 9.18 Å². The maximum atomic E-state index is 13.2. The summed E-state index contributed by atoms with van der Waals surface area (Å²) in [5.74, 6) is 6.47. The van der Waals surface area contributed by atoms with Gasteiger partial charge in [-0.15, -0.1) is 10.2 Å². The van der Waals surface area contributed by atoms with Crippen LogP contribution in [0.15, 0.2) is 47.6 Å². The van der Waals surface area contributed by atoms with Crippen LogP contribution in [0.3, 0.4) is 0 Å². The Labute approximate surface area is 175 Å². The zero-order chi connectivity index (χ0) is 20.8. The van der Waals surface area contributed by atoms with Gasteiger partial charge in [-0.2, -0.15) is 0 Å². The molecule has 3 aromatic rings. The first-order chi connectivity index (χ1) is 14.0. The summed E-state index contributed by atoms with van der Waals surface area (Å²) in [5.41, 5.74) is 1.28. The molecule has 0 saturated carbocycles. The molecule has 0 aliphatic carbocycles. The van der Waals surface area contributed by atoms with E-state index in [-0.39, 0.29) is 16.7 Å². The van der Waals surface area contributed by atoms with Gasteiger partial charge >= 0.3 is 0 Å². The number of thioether (sulfide) groups is 1. The number of amides is 1. The lowest BCUT2D eigenvalue weighted by Crippen LogP contribution is -2.18. The molecule has 0 unspecified atom stereocenters. The molecule has 8 nitrogen and oxygen atoms in total. The molecular weight excluding hydrogens is 419 g/mol. The van der Waals surface area contributed by atoms with Crippen molar-refractivity contribution in [3.63, 3.8) is 0 Å². The average molecular weight is 437 g/mol. The van der Waals surface area contributed by atoms with Crippen molar-refractivity contribution in [2.45, 2.75) is 11.7 Å². The van der Waals surface area contributed by atoms with E-state index < -0.39 is 5.82 Å². The molecule has 152 valence electrons. The second kappa shape index (κ2) is 9.48. The number of hydrogen-bond donors (Lipinski definition) is 3. The molecule has 0 fully saturated rings. The number of halogens is 2. The third-order valence-corrected chi connectivity index (χ3v) is 5.04. The number of rotatable bonds is 8. The molecule has 2 aromatic carbocycles. The lowest BCUT2D eigenvalue weighted by Gasteiger charge is -2.08. The number of nitrogen functional groups attached to an aromatic ring is 1. The van der Waals surface area contributed by atoms with Crippen LogP contribution in [0.5, 0.6) is 5.75 Å². The fourth-order valence-electron chi connectivity index (χ4n) is 2.32. The summed E-state index contributed by atoms with van der Waals surface area (Å²) in [4.78, 5) is 12.1. The van der Waals surface area contributed by atoms with Crippen LogP contribution in [0.1, 0.15) is 5.82 Å². The Hall–Kier alpha value is -2.98. The molecule has 0 atom stereocenters. The Morgan fingerprint density at radius 2 is 1.97 bits per heavy atom. The van der Waals surface area contributed by atoms with Gasteiger partial charge in [0.05, 0.1) is 24.4 Å². The van der Waals surface area contributed by atoms with Crippen LogP contribution < -0.4 is 21.2 Å². The maximum Gasteiger partial charge on any atom is 0.234 e. The summed E-state index contributed by atoms with van der Waals surface area (Å²) in [6, 6.07) is 11.4. The Kier molecular flexibility index (Phi) is 6.78. The van der Waals surface area contributed by atoms with E-state index in [1.165, 1.54) is 22.9 Å². The van der Waals surface area contributed by atoms with Gasteiger partial charge in [0.1, 0.15) is 11.6 Å². The van der Waals surface area contributed by atoms with Crippen LogP contribution in [0.4, 0.5) is 15.8 Å². The molecule has 1 amide bonds. The maximum absolute atomic E-state index is 13.2. The number of aromatic nitrogens is 3. The summed E-state index contributed by atoms with van der Waals surface area (Å²) in [6.45, 7) is 0.358. The predicted octanol–water partition coefficient (Wildman–Crippen LogP) is 3.14. The average Bonchev–Trinajstić information content (AvgIpc) is 3.07. The van der Waals surface area contributed by atoms with Crippen LogP contribution in [0, 0.1) is 5.82 Å². The third-order valence-electron chi connectivity index (χ3n) is 3.81. The van der Waals surface area contributed by atoms with Gasteiger partial charge in [0.25, 0.3) is 0 Å². The summed E-state index contributed by atoms with van der Waals surface area (Å²) < 4.78 is 19.6. The lowest BCUT2D eigenvalue weighted by molar-refractivity contribution is -0.113. The minimum absolute atomic E-state index is 0.0518. The highest BCUT2D eigenvalue weighted by Gasteiger charge is 2.13. The van der Waals surface area contributed by atoms with Gasteiger partial charge in [-0.3, -0.25) is 4.79 Å². The van der Waals surface area contributed by atoms with Crippen molar-refractivity contribution < 1.29 is 13.9 Å². The van der Waals surface area contributed by atoms with E-state index >= 15 is 0 Å². The third kappa shape index (κ3) is 5.52. The number of nitrogens with two attached hydrogens (primary N) is 1. The molecule has 0 aliphatic heterocycles. The van der Waals surface area contributed by atoms with E-state index in [4.69, 9.17) is 22.2 Å². The highest BCUT2D eigenvalue weighted by Crippen LogP contribution is 2.21. The quantitative estimate of drug-likeness (QED) is 0.368. The van der Waals surface area contributed by atoms with Crippen molar-refractivity contribution >= 4 is 40.6 Å². The smallest absolute Gasteiger partial charge is 0.234 e. The molecule has 29 heavy (non-hydrogen) atoms. The van der Waals surface area contributed by atoms with Crippen LogP contribution >= 0.6 is 23.4 Å². The molecule has 0 radical (unpaired) electrons. The SMILES string of the molecule is COc1ccc(NCc2nnc(SCC(=O)Nc3ccc(F)c(Cl)c3)n2N)cc1. The minimum Gasteiger partial charge on any atom is -0.497 e. The summed E-state index contributed by atoms with van der Waals surface area (Å²) in [7, 11) is 1.60. The number of nitrogens with one attached hydrogen (secondary N) is 2. The number of carbonyl (C=O) groups is 1. The Bertz CT molecular complexity index is 999. The van der Waals surface area contributed by atoms with E-state index in [0.717, 1.165) is 23.2 Å². The minimum atomic E-state index is -0.550. The number of nitrogens with zero attached hydrogens (tertiary/aromatic N) is 3. The number of anilines is 2. The molecule has 4 N–H and O–H groups in total. The second-order valence-electron chi connectivity index (χ2n) is 5.82. The van der Waals surface area contributed by atoms with Gasteiger partial charge < -0.3 is 21.2 Å². The normalized spacial score (nSPS) is 10.6. The molecule has 0 aliphatic rings. The van der Waals surface area contributed by atoms with Crippen molar-refractivity contribution in [2.75, 3.05) is 29.3 Å². The van der Waals surface area contributed by atoms with E-state index in [1.807, 2.05) is 24.3 Å². The fourth-order valence-corrected chi connectivity index (χ4v) is 3.17. The highest BCUT2D eigenvalue weighted by molar-refractivity contribution is 7.99. The molecule has 0 bridgehead atoms. The molecule has 3 rings (SSSR count). The zero-order valence-corrected chi connectivity index (χ0v) is 16.9. The number of methoxy groups -OCH3 is 1. The second-order valence-corrected chi connectivity index (χ2v) is 7.17. The fraction of sp³-hybridized carbons (Fsp3) is 0.167. The number of ether oxygens (including phenoxy) is 1. The Morgan fingerprint density at radius 3 is 2.66 bits per heavy atom. The summed E-state index contributed by atoms with van der Waals surface area (Å²) >= 11 is 6.83. The van der Waals surface area contributed by atoms with Crippen molar-refractivity contribution in [1.29, 1.82) is 0 Å². The van der Waals surface area contributed by atoms with Gasteiger partial charge in [-0.1, -0.05) is 23.4 Å². The predicted molar refractivity (Wildman–Crippen MR) is 111 cm³/mol. The first kappa shape index (κ1) is 20.7. The van der Waals surface area contributed by atoms with Crippen LogP contribution in [0.2, 0.25) is 5.02 Å². The molecular formula is C18H18ClFN6O2S. The van der Waals surface area contributed by atoms with Gasteiger partial charge in [-0.25, -0.2) is 9.07 Å². The van der Waals surface area contributed by atoms with Crippen molar-refractivity contribution in [3.8, 4) is 5.75 Å². The van der Waals surface area contributed by atoms with Crippen molar-refractivity contribution in [2.24, 2.45) is 0 Å².